The predicted octanol–water partition coefficient (Wildman–Crippen LogP) is 3.10. The second-order valence-corrected chi connectivity index (χ2v) is 7.42. The summed E-state index contributed by atoms with van der Waals surface area (Å²) in [6.07, 6.45) is 3.92. The number of nitrogens with zero attached hydrogens (tertiary/aromatic N) is 3. The number of fused-ring (bicyclic) bond motifs is 2. The first-order valence-corrected chi connectivity index (χ1v) is 9.40. The van der Waals surface area contributed by atoms with Crippen LogP contribution in [0.1, 0.15) is 11.1 Å². The van der Waals surface area contributed by atoms with E-state index < -0.39 is 0 Å². The summed E-state index contributed by atoms with van der Waals surface area (Å²) in [4.78, 5) is 17.9. The van der Waals surface area contributed by atoms with Gasteiger partial charge in [0.25, 0.3) is 5.56 Å². The summed E-state index contributed by atoms with van der Waals surface area (Å²) in [5.41, 5.74) is 3.84. The van der Waals surface area contributed by atoms with Crippen LogP contribution in [0.15, 0.2) is 58.9 Å². The maximum absolute atomic E-state index is 12.7. The fourth-order valence-electron chi connectivity index (χ4n) is 3.16. The molecule has 132 valence electrons. The number of rotatable bonds is 2. The van der Waals surface area contributed by atoms with Gasteiger partial charge in [0.2, 0.25) is 4.96 Å². The van der Waals surface area contributed by atoms with Gasteiger partial charge in [-0.1, -0.05) is 53.8 Å². The van der Waals surface area contributed by atoms with Crippen molar-refractivity contribution in [2.45, 2.75) is 6.92 Å². The summed E-state index contributed by atoms with van der Waals surface area (Å²) in [5, 5.41) is 4.43. The number of benzene rings is 2. The summed E-state index contributed by atoms with van der Waals surface area (Å²) in [5.74, 6) is 1.44. The van der Waals surface area contributed by atoms with Gasteiger partial charge in [0.15, 0.2) is 5.82 Å². The second kappa shape index (κ2) is 6.17. The Hall–Kier alpha value is -3.25. The molecule has 0 radical (unpaired) electrons. The van der Waals surface area contributed by atoms with E-state index in [1.165, 1.54) is 15.9 Å². The Morgan fingerprint density at radius 1 is 1.15 bits per heavy atom. The quantitative estimate of drug-likeness (QED) is 0.542. The van der Waals surface area contributed by atoms with Gasteiger partial charge < -0.3 is 4.74 Å². The molecule has 5 rings (SSSR count). The van der Waals surface area contributed by atoms with Gasteiger partial charge in [-0.05, 0) is 36.3 Å². The van der Waals surface area contributed by atoms with Gasteiger partial charge in [0.1, 0.15) is 12.4 Å². The van der Waals surface area contributed by atoms with Crippen molar-refractivity contribution >= 4 is 28.4 Å². The lowest BCUT2D eigenvalue weighted by atomic mass is 10.1. The standard InChI is InChI=1S/C21H15N3O2S/c1-13-6-2-4-8-16(13)19-22-21-24(23-19)20(25)18(27-21)11-14-10-15-7-3-5-9-17(15)26-12-14/h2-11H,12H2,1H3/b18-11-. The van der Waals surface area contributed by atoms with Gasteiger partial charge in [-0.3, -0.25) is 4.79 Å². The highest BCUT2D eigenvalue weighted by Gasteiger charge is 2.14. The van der Waals surface area contributed by atoms with Crippen molar-refractivity contribution in [1.82, 2.24) is 14.6 Å². The average molecular weight is 373 g/mol. The highest BCUT2D eigenvalue weighted by molar-refractivity contribution is 7.15. The van der Waals surface area contributed by atoms with Crippen LogP contribution in [0.3, 0.4) is 0 Å². The first-order valence-electron chi connectivity index (χ1n) is 8.59. The van der Waals surface area contributed by atoms with E-state index >= 15 is 0 Å². The minimum Gasteiger partial charge on any atom is -0.488 e. The molecule has 4 aromatic rings. The Balaban J connectivity index is 1.58. The van der Waals surface area contributed by atoms with Crippen molar-refractivity contribution in [1.29, 1.82) is 0 Å². The van der Waals surface area contributed by atoms with Gasteiger partial charge >= 0.3 is 0 Å². The zero-order chi connectivity index (χ0) is 18.4. The van der Waals surface area contributed by atoms with E-state index in [1.807, 2.05) is 67.6 Å². The van der Waals surface area contributed by atoms with Gasteiger partial charge in [-0.15, -0.1) is 5.10 Å². The maximum atomic E-state index is 12.7. The predicted molar refractivity (Wildman–Crippen MR) is 107 cm³/mol. The van der Waals surface area contributed by atoms with Crippen molar-refractivity contribution in [3.8, 4) is 17.1 Å². The molecule has 3 heterocycles. The van der Waals surface area contributed by atoms with E-state index in [4.69, 9.17) is 4.74 Å². The second-order valence-electron chi connectivity index (χ2n) is 6.41. The zero-order valence-corrected chi connectivity index (χ0v) is 15.4. The van der Waals surface area contributed by atoms with Crippen molar-refractivity contribution in [3.63, 3.8) is 0 Å². The van der Waals surface area contributed by atoms with Gasteiger partial charge in [0.05, 0.1) is 4.53 Å². The molecule has 0 bridgehead atoms. The first kappa shape index (κ1) is 16.0. The molecule has 0 amide bonds. The monoisotopic (exact) mass is 373 g/mol. The minimum absolute atomic E-state index is 0.151. The number of aromatic nitrogens is 3. The summed E-state index contributed by atoms with van der Waals surface area (Å²) in [6, 6.07) is 15.8. The molecule has 2 aromatic carbocycles. The molecule has 0 N–H and O–H groups in total. The van der Waals surface area contributed by atoms with Crippen molar-refractivity contribution < 1.29 is 4.74 Å². The highest BCUT2D eigenvalue weighted by Crippen LogP contribution is 2.26. The van der Waals surface area contributed by atoms with Gasteiger partial charge in [-0.2, -0.15) is 9.50 Å². The third-order valence-corrected chi connectivity index (χ3v) is 5.50. The third-order valence-electron chi connectivity index (χ3n) is 4.54. The van der Waals surface area contributed by atoms with Crippen LogP contribution in [0.4, 0.5) is 0 Å². The molecular formula is C21H15N3O2S. The molecule has 0 atom stereocenters. The molecule has 1 aliphatic heterocycles. The molecule has 6 heteroatoms. The molecule has 0 spiro atoms. The smallest absolute Gasteiger partial charge is 0.291 e. The topological polar surface area (TPSA) is 56.5 Å². The summed E-state index contributed by atoms with van der Waals surface area (Å²) in [7, 11) is 0. The molecule has 1 aliphatic rings. The maximum Gasteiger partial charge on any atom is 0.291 e. The number of hydrogen-bond acceptors (Lipinski definition) is 5. The molecule has 0 aliphatic carbocycles. The Morgan fingerprint density at radius 3 is 2.81 bits per heavy atom. The Morgan fingerprint density at radius 2 is 1.96 bits per heavy atom. The first-order chi connectivity index (χ1) is 13.2. The van der Waals surface area contributed by atoms with Crippen LogP contribution in [0.2, 0.25) is 0 Å². The SMILES string of the molecule is Cc1ccccc1-c1nc2s/c(=C\C3=Cc4ccccc4OC3)c(=O)n2n1. The van der Waals surface area contributed by atoms with E-state index in [-0.39, 0.29) is 5.56 Å². The number of thiazole rings is 1. The van der Waals surface area contributed by atoms with Crippen LogP contribution in [0, 0.1) is 6.92 Å². The van der Waals surface area contributed by atoms with Crippen molar-refractivity contribution in [2.24, 2.45) is 0 Å². The molecule has 2 aromatic heterocycles. The van der Waals surface area contributed by atoms with E-state index in [9.17, 15) is 4.79 Å². The molecular weight excluding hydrogens is 358 g/mol. The number of para-hydroxylation sites is 1. The molecule has 0 saturated carbocycles. The van der Waals surface area contributed by atoms with Crippen LogP contribution >= 0.6 is 11.3 Å². The lowest BCUT2D eigenvalue weighted by molar-refractivity contribution is 0.352. The van der Waals surface area contributed by atoms with Gasteiger partial charge in [-0.25, -0.2) is 0 Å². The van der Waals surface area contributed by atoms with E-state index in [1.54, 1.807) is 0 Å². The largest absolute Gasteiger partial charge is 0.488 e. The van der Waals surface area contributed by atoms with E-state index in [2.05, 4.69) is 10.1 Å². The molecule has 5 nitrogen and oxygen atoms in total. The number of ether oxygens (including phenoxy) is 1. The van der Waals surface area contributed by atoms with Crippen LogP contribution < -0.4 is 14.8 Å². The van der Waals surface area contributed by atoms with E-state index in [0.29, 0.717) is 21.9 Å². The summed E-state index contributed by atoms with van der Waals surface area (Å²) < 4.78 is 7.75. The minimum atomic E-state index is -0.151. The third kappa shape index (κ3) is 2.74. The lowest BCUT2D eigenvalue weighted by Crippen LogP contribution is -2.24. The van der Waals surface area contributed by atoms with E-state index in [0.717, 1.165) is 28.0 Å². The van der Waals surface area contributed by atoms with Crippen LogP contribution in [0.5, 0.6) is 5.75 Å². The van der Waals surface area contributed by atoms with Crippen molar-refractivity contribution in [3.05, 3.63) is 80.1 Å². The van der Waals surface area contributed by atoms with Crippen LogP contribution in [-0.4, -0.2) is 21.2 Å². The molecule has 0 saturated heterocycles. The Kier molecular flexibility index (Phi) is 3.65. The molecule has 27 heavy (non-hydrogen) atoms. The molecule has 0 fully saturated rings. The Labute approximate surface area is 158 Å². The van der Waals surface area contributed by atoms with Gasteiger partial charge in [0, 0.05) is 11.1 Å². The molecule has 0 unspecified atom stereocenters. The highest BCUT2D eigenvalue weighted by atomic mass is 32.1. The van der Waals surface area contributed by atoms with Crippen molar-refractivity contribution in [2.75, 3.05) is 6.61 Å². The fraction of sp³-hybridized carbons (Fsp3) is 0.0952. The normalized spacial score (nSPS) is 14.1. The van der Waals surface area contributed by atoms with Crippen LogP contribution in [0.25, 0.3) is 28.5 Å². The average Bonchev–Trinajstić information content (AvgIpc) is 3.22. The number of aryl methyl sites for hydroxylation is 1. The summed E-state index contributed by atoms with van der Waals surface area (Å²) >= 11 is 1.35. The number of hydrogen-bond donors (Lipinski definition) is 0. The summed E-state index contributed by atoms with van der Waals surface area (Å²) in [6.45, 7) is 2.45. The lowest BCUT2D eigenvalue weighted by Gasteiger charge is -2.15. The van der Waals surface area contributed by atoms with Crippen LogP contribution in [-0.2, 0) is 0 Å². The zero-order valence-electron chi connectivity index (χ0n) is 14.5. The Bertz CT molecular complexity index is 1320. The fourth-order valence-corrected chi connectivity index (χ4v) is 4.08.